The standard InChI is InChI=1S/C23H31N5O2/c1-17-10-11-18(21(15-17)30-14-13-29-3)16-26-23(24-2)25-12-6-9-22-27-19-7-4-5-8-20(19)28-22/h4-5,7-8,10-11,15H,6,9,12-14,16H2,1-3H3,(H,27,28)(H2,24,25,26). The van der Waals surface area contributed by atoms with Gasteiger partial charge in [-0.2, -0.15) is 0 Å². The average molecular weight is 410 g/mol. The molecule has 2 aromatic carbocycles. The molecule has 0 aliphatic rings. The van der Waals surface area contributed by atoms with Crippen molar-refractivity contribution in [2.45, 2.75) is 26.3 Å². The minimum Gasteiger partial charge on any atom is -0.491 e. The molecule has 0 saturated heterocycles. The minimum atomic E-state index is 0.529. The lowest BCUT2D eigenvalue weighted by Gasteiger charge is -2.15. The summed E-state index contributed by atoms with van der Waals surface area (Å²) in [6.45, 7) is 4.59. The number of rotatable bonds is 10. The van der Waals surface area contributed by atoms with E-state index in [4.69, 9.17) is 9.47 Å². The van der Waals surface area contributed by atoms with Crippen LogP contribution in [0.1, 0.15) is 23.4 Å². The van der Waals surface area contributed by atoms with Gasteiger partial charge in [-0.1, -0.05) is 24.3 Å². The number of aromatic nitrogens is 2. The van der Waals surface area contributed by atoms with Gasteiger partial charge in [-0.15, -0.1) is 0 Å². The number of methoxy groups -OCH3 is 1. The molecule has 3 N–H and O–H groups in total. The summed E-state index contributed by atoms with van der Waals surface area (Å²) in [6, 6.07) is 14.3. The van der Waals surface area contributed by atoms with E-state index >= 15 is 0 Å². The van der Waals surface area contributed by atoms with Crippen LogP contribution in [0.25, 0.3) is 11.0 Å². The summed E-state index contributed by atoms with van der Waals surface area (Å²) in [4.78, 5) is 12.3. The molecule has 0 bridgehead atoms. The Labute approximate surface area is 177 Å². The van der Waals surface area contributed by atoms with Crippen LogP contribution in [-0.4, -0.2) is 49.8 Å². The maximum absolute atomic E-state index is 5.86. The van der Waals surface area contributed by atoms with Crippen LogP contribution < -0.4 is 15.4 Å². The van der Waals surface area contributed by atoms with Crippen LogP contribution >= 0.6 is 0 Å². The summed E-state index contributed by atoms with van der Waals surface area (Å²) in [5.41, 5.74) is 4.35. The number of imidazole rings is 1. The average Bonchev–Trinajstić information content (AvgIpc) is 3.17. The fraction of sp³-hybridized carbons (Fsp3) is 0.391. The van der Waals surface area contributed by atoms with E-state index in [0.29, 0.717) is 19.8 Å². The number of nitrogens with one attached hydrogen (secondary N) is 3. The van der Waals surface area contributed by atoms with Gasteiger partial charge in [0.25, 0.3) is 0 Å². The van der Waals surface area contributed by atoms with Crippen molar-refractivity contribution in [2.24, 2.45) is 4.99 Å². The maximum atomic E-state index is 5.86. The van der Waals surface area contributed by atoms with Crippen molar-refractivity contribution in [3.05, 3.63) is 59.4 Å². The fourth-order valence-electron chi connectivity index (χ4n) is 3.16. The Morgan fingerprint density at radius 3 is 2.80 bits per heavy atom. The molecular formula is C23H31N5O2. The fourth-order valence-corrected chi connectivity index (χ4v) is 3.16. The summed E-state index contributed by atoms with van der Waals surface area (Å²) >= 11 is 0. The Hall–Kier alpha value is -3.06. The number of hydrogen-bond donors (Lipinski definition) is 3. The Bertz CT molecular complexity index is 934. The molecular weight excluding hydrogens is 378 g/mol. The summed E-state index contributed by atoms with van der Waals surface area (Å²) in [7, 11) is 3.45. The molecule has 0 unspecified atom stereocenters. The van der Waals surface area contributed by atoms with Crippen LogP contribution in [0.2, 0.25) is 0 Å². The number of aromatic amines is 1. The van der Waals surface area contributed by atoms with E-state index in [1.807, 2.05) is 24.3 Å². The van der Waals surface area contributed by atoms with Gasteiger partial charge in [0.1, 0.15) is 18.2 Å². The molecule has 0 spiro atoms. The first-order chi connectivity index (χ1) is 14.7. The second kappa shape index (κ2) is 11.2. The monoisotopic (exact) mass is 409 g/mol. The molecule has 7 heteroatoms. The molecule has 0 atom stereocenters. The second-order valence-corrected chi connectivity index (χ2v) is 7.11. The SMILES string of the molecule is CN=C(NCCCc1nc2ccccc2[nH]1)NCc1ccc(C)cc1OCCOC. The highest BCUT2D eigenvalue weighted by Gasteiger charge is 2.07. The molecule has 1 heterocycles. The lowest BCUT2D eigenvalue weighted by atomic mass is 10.1. The number of aryl methyl sites for hydroxylation is 2. The number of H-pyrrole nitrogens is 1. The van der Waals surface area contributed by atoms with Gasteiger partial charge in [0.15, 0.2) is 5.96 Å². The quantitative estimate of drug-likeness (QED) is 0.272. The van der Waals surface area contributed by atoms with Crippen molar-refractivity contribution in [1.82, 2.24) is 20.6 Å². The first-order valence-corrected chi connectivity index (χ1v) is 10.3. The van der Waals surface area contributed by atoms with E-state index in [1.165, 1.54) is 5.56 Å². The van der Waals surface area contributed by atoms with E-state index < -0.39 is 0 Å². The number of guanidine groups is 1. The summed E-state index contributed by atoms with van der Waals surface area (Å²) < 4.78 is 10.9. The van der Waals surface area contributed by atoms with Gasteiger partial charge >= 0.3 is 0 Å². The third-order valence-corrected chi connectivity index (χ3v) is 4.76. The van der Waals surface area contributed by atoms with Gasteiger partial charge in [-0.25, -0.2) is 4.98 Å². The number of aliphatic imine (C=N–C) groups is 1. The van der Waals surface area contributed by atoms with Gasteiger partial charge in [-0.3, -0.25) is 4.99 Å². The normalized spacial score (nSPS) is 11.6. The predicted molar refractivity (Wildman–Crippen MR) is 121 cm³/mol. The molecule has 0 fully saturated rings. The van der Waals surface area contributed by atoms with Crippen LogP contribution in [-0.2, 0) is 17.7 Å². The van der Waals surface area contributed by atoms with Crippen LogP contribution in [0.5, 0.6) is 5.75 Å². The molecule has 3 aromatic rings. The highest BCUT2D eigenvalue weighted by Crippen LogP contribution is 2.20. The first kappa shape index (κ1) is 21.6. The minimum absolute atomic E-state index is 0.529. The smallest absolute Gasteiger partial charge is 0.191 e. The molecule has 3 rings (SSSR count). The number of benzene rings is 2. The van der Waals surface area contributed by atoms with E-state index in [0.717, 1.165) is 53.5 Å². The van der Waals surface area contributed by atoms with Crippen molar-refractivity contribution < 1.29 is 9.47 Å². The molecule has 1 aromatic heterocycles. The van der Waals surface area contributed by atoms with Gasteiger partial charge in [-0.05, 0) is 37.1 Å². The zero-order valence-electron chi connectivity index (χ0n) is 18.0. The van der Waals surface area contributed by atoms with Crippen molar-refractivity contribution in [2.75, 3.05) is 33.9 Å². The van der Waals surface area contributed by atoms with Crippen LogP contribution in [0.4, 0.5) is 0 Å². The third-order valence-electron chi connectivity index (χ3n) is 4.76. The molecule has 0 aliphatic heterocycles. The van der Waals surface area contributed by atoms with Crippen molar-refractivity contribution in [3.63, 3.8) is 0 Å². The van der Waals surface area contributed by atoms with Gasteiger partial charge in [0.2, 0.25) is 0 Å². The molecule has 0 saturated carbocycles. The van der Waals surface area contributed by atoms with Crippen molar-refractivity contribution >= 4 is 17.0 Å². The van der Waals surface area contributed by atoms with Crippen molar-refractivity contribution in [1.29, 1.82) is 0 Å². The zero-order chi connectivity index (χ0) is 21.2. The number of para-hydroxylation sites is 2. The lowest BCUT2D eigenvalue weighted by Crippen LogP contribution is -2.37. The Balaban J connectivity index is 1.45. The summed E-state index contributed by atoms with van der Waals surface area (Å²) in [5.74, 6) is 2.65. The number of ether oxygens (including phenoxy) is 2. The Morgan fingerprint density at radius 2 is 2.00 bits per heavy atom. The third kappa shape index (κ3) is 6.22. The molecule has 7 nitrogen and oxygen atoms in total. The van der Waals surface area contributed by atoms with E-state index in [-0.39, 0.29) is 0 Å². The van der Waals surface area contributed by atoms with Crippen molar-refractivity contribution in [3.8, 4) is 5.75 Å². The van der Waals surface area contributed by atoms with E-state index in [1.54, 1.807) is 14.2 Å². The second-order valence-electron chi connectivity index (χ2n) is 7.11. The number of hydrogen-bond acceptors (Lipinski definition) is 4. The lowest BCUT2D eigenvalue weighted by molar-refractivity contribution is 0.145. The van der Waals surface area contributed by atoms with Gasteiger partial charge in [0.05, 0.1) is 17.6 Å². The van der Waals surface area contributed by atoms with Gasteiger partial charge < -0.3 is 25.1 Å². The molecule has 0 radical (unpaired) electrons. The maximum Gasteiger partial charge on any atom is 0.191 e. The predicted octanol–water partition coefficient (Wildman–Crippen LogP) is 3.19. The Morgan fingerprint density at radius 1 is 1.13 bits per heavy atom. The largest absolute Gasteiger partial charge is 0.491 e. The van der Waals surface area contributed by atoms with E-state index in [2.05, 4.69) is 50.7 Å². The highest BCUT2D eigenvalue weighted by atomic mass is 16.5. The zero-order valence-corrected chi connectivity index (χ0v) is 18.0. The topological polar surface area (TPSA) is 83.6 Å². The van der Waals surface area contributed by atoms with Gasteiger partial charge in [0, 0.05) is 39.2 Å². The molecule has 160 valence electrons. The van der Waals surface area contributed by atoms with Crippen LogP contribution in [0.3, 0.4) is 0 Å². The van der Waals surface area contributed by atoms with Crippen LogP contribution in [0.15, 0.2) is 47.5 Å². The summed E-state index contributed by atoms with van der Waals surface area (Å²) in [6.07, 6.45) is 1.84. The molecule has 0 aliphatic carbocycles. The molecule has 0 amide bonds. The van der Waals surface area contributed by atoms with E-state index in [9.17, 15) is 0 Å². The Kier molecular flexibility index (Phi) is 8.09. The number of nitrogens with zero attached hydrogens (tertiary/aromatic N) is 2. The first-order valence-electron chi connectivity index (χ1n) is 10.3. The number of fused-ring (bicyclic) bond motifs is 1. The summed E-state index contributed by atoms with van der Waals surface area (Å²) in [5, 5.41) is 6.72. The van der Waals surface area contributed by atoms with Crippen LogP contribution in [0, 0.1) is 6.92 Å². The molecule has 30 heavy (non-hydrogen) atoms. The highest BCUT2D eigenvalue weighted by molar-refractivity contribution is 5.79.